The molecule has 0 saturated carbocycles. The van der Waals surface area contributed by atoms with E-state index in [-0.39, 0.29) is 18.3 Å². The predicted octanol–water partition coefficient (Wildman–Crippen LogP) is 4.79. The Balaban J connectivity index is 1.85. The van der Waals surface area contributed by atoms with Gasteiger partial charge in [0, 0.05) is 19.4 Å². The number of nitrogens with zero attached hydrogens (tertiary/aromatic N) is 1. The summed E-state index contributed by atoms with van der Waals surface area (Å²) in [4.78, 5) is 14.7. The van der Waals surface area contributed by atoms with Crippen molar-refractivity contribution in [1.29, 1.82) is 0 Å². The van der Waals surface area contributed by atoms with Gasteiger partial charge in [-0.1, -0.05) is 24.3 Å². The van der Waals surface area contributed by atoms with Crippen molar-refractivity contribution in [2.45, 2.75) is 50.9 Å². The molecule has 2 aromatic carbocycles. The van der Waals surface area contributed by atoms with Crippen LogP contribution in [0.2, 0.25) is 0 Å². The fourth-order valence-electron chi connectivity index (χ4n) is 3.97. The van der Waals surface area contributed by atoms with Gasteiger partial charge in [0.1, 0.15) is 17.2 Å². The number of amides is 1. The van der Waals surface area contributed by atoms with Crippen molar-refractivity contribution < 1.29 is 23.8 Å². The van der Waals surface area contributed by atoms with Gasteiger partial charge in [-0.05, 0) is 56.2 Å². The van der Waals surface area contributed by atoms with Crippen LogP contribution in [0.15, 0.2) is 48.5 Å². The van der Waals surface area contributed by atoms with Gasteiger partial charge < -0.3 is 19.5 Å². The van der Waals surface area contributed by atoms with Gasteiger partial charge in [0.2, 0.25) is 0 Å². The lowest BCUT2D eigenvalue weighted by atomic mass is 9.80. The second kappa shape index (κ2) is 8.03. The summed E-state index contributed by atoms with van der Waals surface area (Å²) < 4.78 is 24.6. The lowest BCUT2D eigenvalue weighted by Gasteiger charge is -2.45. The average molecular weight is 401 g/mol. The first kappa shape index (κ1) is 21.1. The molecule has 6 heteroatoms. The number of rotatable bonds is 6. The summed E-state index contributed by atoms with van der Waals surface area (Å²) >= 11 is 0. The van der Waals surface area contributed by atoms with Gasteiger partial charge in [0.15, 0.2) is 0 Å². The Kier molecular flexibility index (Phi) is 5.85. The van der Waals surface area contributed by atoms with Gasteiger partial charge in [0.25, 0.3) is 0 Å². The van der Waals surface area contributed by atoms with E-state index in [9.17, 15) is 14.3 Å². The van der Waals surface area contributed by atoms with E-state index in [0.717, 1.165) is 11.3 Å². The Bertz CT molecular complexity index is 845. The highest BCUT2D eigenvalue weighted by Gasteiger charge is 2.46. The van der Waals surface area contributed by atoms with Gasteiger partial charge in [0.05, 0.1) is 18.8 Å². The Morgan fingerprint density at radius 3 is 2.34 bits per heavy atom. The van der Waals surface area contributed by atoms with Crippen molar-refractivity contribution in [2.75, 3.05) is 13.7 Å². The van der Waals surface area contributed by atoms with Gasteiger partial charge in [-0.25, -0.2) is 9.18 Å². The van der Waals surface area contributed by atoms with Crippen molar-refractivity contribution in [1.82, 2.24) is 4.90 Å². The number of carbonyl (C=O) groups is 1. The Morgan fingerprint density at radius 1 is 1.21 bits per heavy atom. The van der Waals surface area contributed by atoms with Crippen LogP contribution in [-0.4, -0.2) is 35.4 Å². The van der Waals surface area contributed by atoms with Gasteiger partial charge in [-0.2, -0.15) is 0 Å². The van der Waals surface area contributed by atoms with Crippen molar-refractivity contribution >= 4 is 6.09 Å². The third-order valence-electron chi connectivity index (χ3n) is 5.43. The molecule has 2 aromatic rings. The maximum Gasteiger partial charge on any atom is 0.411 e. The Labute approximate surface area is 171 Å². The molecule has 29 heavy (non-hydrogen) atoms. The van der Waals surface area contributed by atoms with E-state index in [1.807, 2.05) is 31.2 Å². The van der Waals surface area contributed by atoms with Crippen molar-refractivity contribution in [2.24, 2.45) is 0 Å². The van der Waals surface area contributed by atoms with Crippen LogP contribution in [-0.2, 0) is 10.3 Å². The third kappa shape index (κ3) is 4.70. The molecule has 1 aliphatic heterocycles. The number of hydrogen-bond donors (Lipinski definition) is 1. The number of carbonyl (C=O) groups excluding carboxylic acids is 1. The number of methoxy groups -OCH3 is 1. The molecule has 3 rings (SSSR count). The van der Waals surface area contributed by atoms with E-state index in [1.165, 1.54) is 12.1 Å². The summed E-state index contributed by atoms with van der Waals surface area (Å²) in [6.45, 7) is 5.76. The first-order valence-electron chi connectivity index (χ1n) is 9.75. The van der Waals surface area contributed by atoms with E-state index in [2.05, 4.69) is 0 Å². The molecule has 1 aliphatic rings. The van der Waals surface area contributed by atoms with Crippen LogP contribution in [0.1, 0.15) is 50.8 Å². The van der Waals surface area contributed by atoms with Crippen molar-refractivity contribution in [3.63, 3.8) is 0 Å². The van der Waals surface area contributed by atoms with Crippen LogP contribution < -0.4 is 4.74 Å². The van der Waals surface area contributed by atoms with Gasteiger partial charge >= 0.3 is 6.09 Å². The smallest absolute Gasteiger partial charge is 0.411 e. The summed E-state index contributed by atoms with van der Waals surface area (Å²) in [7, 11) is 1.61. The van der Waals surface area contributed by atoms with Crippen LogP contribution in [0.25, 0.3) is 0 Å². The molecule has 1 saturated heterocycles. The van der Waals surface area contributed by atoms with Crippen molar-refractivity contribution in [3.05, 3.63) is 65.5 Å². The Hall–Kier alpha value is -2.60. The molecule has 1 fully saturated rings. The fourth-order valence-corrected chi connectivity index (χ4v) is 3.97. The molecule has 0 spiro atoms. The SMILES string of the molecule is COc1ccc([C@H](C)N2CCC(CC(C)(C)O)(c3ccc(F)cc3)OC2=O)cc1. The largest absolute Gasteiger partial charge is 0.497 e. The normalized spacial score (nSPS) is 20.9. The number of aliphatic hydroxyl groups is 1. The number of hydrogen-bond acceptors (Lipinski definition) is 4. The molecular weight excluding hydrogens is 373 g/mol. The van der Waals surface area contributed by atoms with Crippen LogP contribution >= 0.6 is 0 Å². The number of ether oxygens (including phenoxy) is 2. The number of benzene rings is 2. The highest BCUT2D eigenvalue weighted by Crippen LogP contribution is 2.42. The van der Waals surface area contributed by atoms with E-state index in [4.69, 9.17) is 9.47 Å². The van der Waals surface area contributed by atoms with E-state index in [1.54, 1.807) is 38.0 Å². The highest BCUT2D eigenvalue weighted by molar-refractivity contribution is 5.70. The zero-order valence-electron chi connectivity index (χ0n) is 17.3. The molecule has 156 valence electrons. The van der Waals surface area contributed by atoms with Crippen LogP contribution in [0.5, 0.6) is 5.75 Å². The van der Waals surface area contributed by atoms with E-state index >= 15 is 0 Å². The van der Waals surface area contributed by atoms with Crippen molar-refractivity contribution in [3.8, 4) is 5.75 Å². The molecule has 1 N–H and O–H groups in total. The number of halogens is 1. The maximum absolute atomic E-state index is 13.4. The molecule has 0 radical (unpaired) electrons. The van der Waals surface area contributed by atoms with Crippen LogP contribution in [0, 0.1) is 5.82 Å². The third-order valence-corrected chi connectivity index (χ3v) is 5.43. The second-order valence-electron chi connectivity index (χ2n) is 8.25. The summed E-state index contributed by atoms with van der Waals surface area (Å²) in [6.07, 6.45) is 0.268. The first-order valence-corrected chi connectivity index (χ1v) is 9.75. The minimum absolute atomic E-state index is 0.179. The minimum atomic E-state index is -1.06. The zero-order valence-corrected chi connectivity index (χ0v) is 17.3. The average Bonchev–Trinajstić information content (AvgIpc) is 2.67. The summed E-state index contributed by atoms with van der Waals surface area (Å²) in [5, 5.41) is 10.4. The molecule has 1 amide bonds. The second-order valence-corrected chi connectivity index (χ2v) is 8.25. The zero-order chi connectivity index (χ0) is 21.2. The molecule has 0 bridgehead atoms. The molecular formula is C23H28FNO4. The quantitative estimate of drug-likeness (QED) is 0.756. The van der Waals surface area contributed by atoms with Gasteiger partial charge in [-0.15, -0.1) is 0 Å². The van der Waals surface area contributed by atoms with E-state index in [0.29, 0.717) is 18.5 Å². The van der Waals surface area contributed by atoms with Crippen LogP contribution in [0.4, 0.5) is 9.18 Å². The number of cyclic esters (lactones) is 1. The maximum atomic E-state index is 13.4. The van der Waals surface area contributed by atoms with E-state index < -0.39 is 17.3 Å². The first-order chi connectivity index (χ1) is 13.6. The minimum Gasteiger partial charge on any atom is -0.497 e. The lowest BCUT2D eigenvalue weighted by Crippen LogP contribution is -2.51. The van der Waals surface area contributed by atoms with Gasteiger partial charge in [-0.3, -0.25) is 0 Å². The summed E-state index contributed by atoms with van der Waals surface area (Å²) in [5.41, 5.74) is -0.400. The summed E-state index contributed by atoms with van der Waals surface area (Å²) in [5.74, 6) is 0.395. The monoisotopic (exact) mass is 401 g/mol. The molecule has 2 atom stereocenters. The fraction of sp³-hybridized carbons (Fsp3) is 0.435. The molecule has 1 heterocycles. The summed E-state index contributed by atoms with van der Waals surface area (Å²) in [6, 6.07) is 13.3. The molecule has 0 aromatic heterocycles. The molecule has 0 aliphatic carbocycles. The predicted molar refractivity (Wildman–Crippen MR) is 108 cm³/mol. The topological polar surface area (TPSA) is 59.0 Å². The molecule has 5 nitrogen and oxygen atoms in total. The standard InChI is InChI=1S/C23H28FNO4/c1-16(17-5-11-20(28-4)12-6-17)25-14-13-23(29-21(25)26,15-22(2,3)27)18-7-9-19(24)10-8-18/h5-12,16,27H,13-15H2,1-4H3/t16-,23?/m0/s1. The molecule has 1 unspecified atom stereocenters. The van der Waals surface area contributed by atoms with Crippen LogP contribution in [0.3, 0.4) is 0 Å². The Morgan fingerprint density at radius 2 is 1.83 bits per heavy atom. The highest BCUT2D eigenvalue weighted by atomic mass is 19.1. The lowest BCUT2D eigenvalue weighted by molar-refractivity contribution is -0.101.